The maximum absolute atomic E-state index is 9.97. The zero-order chi connectivity index (χ0) is 9.97. The Morgan fingerprint density at radius 3 is 2.64 bits per heavy atom. The first kappa shape index (κ1) is 10.1. The third kappa shape index (κ3) is 2.16. The number of aliphatic hydroxyl groups is 1. The van der Waals surface area contributed by atoms with Crippen LogP contribution in [0.3, 0.4) is 0 Å². The van der Waals surface area contributed by atoms with E-state index in [1.165, 1.54) is 0 Å². The zero-order valence-electron chi connectivity index (χ0n) is 7.82. The Morgan fingerprint density at radius 1 is 1.36 bits per heavy atom. The van der Waals surface area contributed by atoms with Crippen LogP contribution in [0.1, 0.15) is 24.5 Å². The lowest BCUT2D eigenvalue weighted by Gasteiger charge is -2.17. The van der Waals surface area contributed by atoms with E-state index in [4.69, 9.17) is 4.74 Å². The molecule has 1 saturated heterocycles. The normalized spacial score (nSPS) is 23.7. The maximum atomic E-state index is 9.97. The molecule has 1 aromatic rings. The highest BCUT2D eigenvalue weighted by Crippen LogP contribution is 2.27. The van der Waals surface area contributed by atoms with Crippen LogP contribution in [0.4, 0.5) is 0 Å². The molecule has 1 fully saturated rings. The van der Waals surface area contributed by atoms with Crippen molar-refractivity contribution in [1.82, 2.24) is 0 Å². The van der Waals surface area contributed by atoms with Gasteiger partial charge in [0, 0.05) is 11.1 Å². The van der Waals surface area contributed by atoms with Gasteiger partial charge in [0.1, 0.15) is 6.10 Å². The van der Waals surface area contributed by atoms with Gasteiger partial charge in [-0.15, -0.1) is 0 Å². The minimum Gasteiger partial charge on any atom is -0.386 e. The van der Waals surface area contributed by atoms with Gasteiger partial charge in [-0.1, -0.05) is 28.1 Å². The van der Waals surface area contributed by atoms with Crippen LogP contribution < -0.4 is 0 Å². The first-order valence-electron chi connectivity index (χ1n) is 4.82. The van der Waals surface area contributed by atoms with Crippen molar-refractivity contribution in [3.05, 3.63) is 34.3 Å². The van der Waals surface area contributed by atoms with Gasteiger partial charge in [-0.05, 0) is 30.5 Å². The molecule has 0 aromatic heterocycles. The molecule has 1 aromatic carbocycles. The summed E-state index contributed by atoms with van der Waals surface area (Å²) in [7, 11) is 0. The highest BCUT2D eigenvalue weighted by molar-refractivity contribution is 9.10. The van der Waals surface area contributed by atoms with Gasteiger partial charge in [-0.25, -0.2) is 0 Å². The van der Waals surface area contributed by atoms with Crippen molar-refractivity contribution in [2.75, 3.05) is 6.61 Å². The molecule has 0 aliphatic carbocycles. The van der Waals surface area contributed by atoms with Crippen molar-refractivity contribution in [1.29, 1.82) is 0 Å². The Labute approximate surface area is 92.0 Å². The van der Waals surface area contributed by atoms with E-state index in [1.807, 2.05) is 24.3 Å². The van der Waals surface area contributed by atoms with E-state index >= 15 is 0 Å². The van der Waals surface area contributed by atoms with Crippen molar-refractivity contribution in [3.8, 4) is 0 Å². The molecule has 2 rings (SSSR count). The van der Waals surface area contributed by atoms with E-state index in [9.17, 15) is 5.11 Å². The fourth-order valence-electron chi connectivity index (χ4n) is 1.73. The monoisotopic (exact) mass is 256 g/mol. The quantitative estimate of drug-likeness (QED) is 0.882. The van der Waals surface area contributed by atoms with Gasteiger partial charge in [0.2, 0.25) is 0 Å². The fraction of sp³-hybridized carbons (Fsp3) is 0.455. The minimum absolute atomic E-state index is 0.0174. The molecule has 2 nitrogen and oxygen atoms in total. The van der Waals surface area contributed by atoms with Gasteiger partial charge in [0.15, 0.2) is 0 Å². The summed E-state index contributed by atoms with van der Waals surface area (Å²) in [5.74, 6) is 0. The Morgan fingerprint density at radius 2 is 2.07 bits per heavy atom. The molecule has 0 unspecified atom stereocenters. The minimum atomic E-state index is -0.481. The summed E-state index contributed by atoms with van der Waals surface area (Å²) in [5.41, 5.74) is 0.931. The van der Waals surface area contributed by atoms with Crippen LogP contribution in [0, 0.1) is 0 Å². The Balaban J connectivity index is 2.09. The van der Waals surface area contributed by atoms with E-state index in [2.05, 4.69) is 15.9 Å². The predicted molar refractivity (Wildman–Crippen MR) is 58.1 cm³/mol. The summed E-state index contributed by atoms with van der Waals surface area (Å²) in [5, 5.41) is 9.97. The summed E-state index contributed by atoms with van der Waals surface area (Å²) in [6.07, 6.45) is 1.51. The lowest BCUT2D eigenvalue weighted by Crippen LogP contribution is -2.16. The standard InChI is InChI=1S/C11H13BrO2/c12-9-5-3-8(4-6-9)11(13)10-2-1-7-14-10/h3-6,10-11,13H,1-2,7H2/t10-,11+/m0/s1. The molecule has 0 amide bonds. The van der Waals surface area contributed by atoms with Gasteiger partial charge in [0.05, 0.1) is 6.10 Å². The Hall–Kier alpha value is -0.380. The Kier molecular flexibility index (Phi) is 3.21. The molecule has 14 heavy (non-hydrogen) atoms. The van der Waals surface area contributed by atoms with Crippen molar-refractivity contribution in [2.45, 2.75) is 25.0 Å². The van der Waals surface area contributed by atoms with E-state index in [1.54, 1.807) is 0 Å². The number of aliphatic hydroxyl groups excluding tert-OH is 1. The van der Waals surface area contributed by atoms with Crippen LogP contribution in [-0.2, 0) is 4.74 Å². The van der Waals surface area contributed by atoms with Gasteiger partial charge in [0.25, 0.3) is 0 Å². The largest absolute Gasteiger partial charge is 0.386 e. The molecule has 76 valence electrons. The van der Waals surface area contributed by atoms with Crippen LogP contribution >= 0.6 is 15.9 Å². The fourth-order valence-corrected chi connectivity index (χ4v) is 1.99. The summed E-state index contributed by atoms with van der Waals surface area (Å²) < 4.78 is 6.47. The van der Waals surface area contributed by atoms with Gasteiger partial charge < -0.3 is 9.84 Å². The predicted octanol–water partition coefficient (Wildman–Crippen LogP) is 2.66. The smallest absolute Gasteiger partial charge is 0.105 e. The molecule has 1 aliphatic rings. The molecule has 1 heterocycles. The Bertz CT molecular complexity index is 291. The highest BCUT2D eigenvalue weighted by Gasteiger charge is 2.24. The SMILES string of the molecule is O[C@H](c1ccc(Br)cc1)[C@@H]1CCCO1. The summed E-state index contributed by atoms with van der Waals surface area (Å²) >= 11 is 3.37. The second-order valence-corrected chi connectivity index (χ2v) is 4.46. The van der Waals surface area contributed by atoms with Crippen molar-refractivity contribution in [2.24, 2.45) is 0 Å². The first-order valence-corrected chi connectivity index (χ1v) is 5.62. The van der Waals surface area contributed by atoms with Crippen molar-refractivity contribution >= 4 is 15.9 Å². The van der Waals surface area contributed by atoms with E-state index in [-0.39, 0.29) is 6.10 Å². The lowest BCUT2D eigenvalue weighted by molar-refractivity contribution is -0.00259. The van der Waals surface area contributed by atoms with E-state index < -0.39 is 6.10 Å². The number of hydrogen-bond acceptors (Lipinski definition) is 2. The molecular weight excluding hydrogens is 244 g/mol. The molecule has 3 heteroatoms. The maximum Gasteiger partial charge on any atom is 0.105 e. The molecular formula is C11H13BrO2. The van der Waals surface area contributed by atoms with Gasteiger partial charge in [-0.3, -0.25) is 0 Å². The summed E-state index contributed by atoms with van der Waals surface area (Å²) in [4.78, 5) is 0. The number of benzene rings is 1. The summed E-state index contributed by atoms with van der Waals surface area (Å²) in [6.45, 7) is 0.776. The third-order valence-electron chi connectivity index (χ3n) is 2.53. The number of hydrogen-bond donors (Lipinski definition) is 1. The average molecular weight is 257 g/mol. The second kappa shape index (κ2) is 4.43. The third-order valence-corrected chi connectivity index (χ3v) is 3.06. The first-order chi connectivity index (χ1) is 6.77. The van der Waals surface area contributed by atoms with Crippen LogP contribution in [0.25, 0.3) is 0 Å². The van der Waals surface area contributed by atoms with Gasteiger partial charge >= 0.3 is 0 Å². The van der Waals surface area contributed by atoms with Crippen molar-refractivity contribution in [3.63, 3.8) is 0 Å². The molecule has 0 bridgehead atoms. The molecule has 0 saturated carbocycles. The van der Waals surface area contributed by atoms with Crippen LogP contribution in [0.15, 0.2) is 28.7 Å². The van der Waals surface area contributed by atoms with Crippen LogP contribution in [0.2, 0.25) is 0 Å². The topological polar surface area (TPSA) is 29.5 Å². The average Bonchev–Trinajstić information content (AvgIpc) is 2.71. The van der Waals surface area contributed by atoms with Gasteiger partial charge in [-0.2, -0.15) is 0 Å². The molecule has 1 N–H and O–H groups in total. The molecule has 0 radical (unpaired) electrons. The lowest BCUT2D eigenvalue weighted by atomic mass is 10.0. The second-order valence-electron chi connectivity index (χ2n) is 3.55. The van der Waals surface area contributed by atoms with Crippen LogP contribution in [0.5, 0.6) is 0 Å². The summed E-state index contributed by atoms with van der Waals surface area (Å²) in [6, 6.07) is 7.73. The molecule has 2 atom stereocenters. The number of halogens is 1. The van der Waals surface area contributed by atoms with Crippen LogP contribution in [-0.4, -0.2) is 17.8 Å². The molecule has 0 spiro atoms. The number of ether oxygens (including phenoxy) is 1. The number of rotatable bonds is 2. The highest BCUT2D eigenvalue weighted by atomic mass is 79.9. The van der Waals surface area contributed by atoms with Crippen molar-refractivity contribution < 1.29 is 9.84 Å². The van der Waals surface area contributed by atoms with E-state index in [0.29, 0.717) is 0 Å². The van der Waals surface area contributed by atoms with E-state index in [0.717, 1.165) is 29.5 Å². The molecule has 1 aliphatic heterocycles. The zero-order valence-corrected chi connectivity index (χ0v) is 9.40.